The highest BCUT2D eigenvalue weighted by molar-refractivity contribution is 7.86. The lowest BCUT2D eigenvalue weighted by Gasteiger charge is -2.31. The number of aryl methyl sites for hydroxylation is 1. The summed E-state index contributed by atoms with van der Waals surface area (Å²) in [6.45, 7) is 5.81. The van der Waals surface area contributed by atoms with Gasteiger partial charge in [0.15, 0.2) is 5.76 Å². The van der Waals surface area contributed by atoms with E-state index in [4.69, 9.17) is 4.52 Å². The van der Waals surface area contributed by atoms with E-state index in [1.54, 1.807) is 10.4 Å². The standard InChI is InChI=1S/C13H23N3O3S/c1-3-7-16(11-13-10-12(2)14-19-13)20(17,18)15-8-5-4-6-9-15/h10H,3-9,11H2,1-2H3. The highest BCUT2D eigenvalue weighted by atomic mass is 32.2. The van der Waals surface area contributed by atoms with Crippen LogP contribution in [-0.2, 0) is 16.8 Å². The smallest absolute Gasteiger partial charge is 0.282 e. The summed E-state index contributed by atoms with van der Waals surface area (Å²) >= 11 is 0. The molecule has 1 aliphatic heterocycles. The molecule has 0 amide bonds. The third-order valence-corrected chi connectivity index (χ3v) is 5.43. The molecule has 2 rings (SSSR count). The minimum atomic E-state index is -3.40. The number of nitrogens with zero attached hydrogens (tertiary/aromatic N) is 3. The molecule has 0 aromatic carbocycles. The molecule has 2 heterocycles. The Morgan fingerprint density at radius 2 is 2.05 bits per heavy atom. The second kappa shape index (κ2) is 6.69. The van der Waals surface area contributed by atoms with Crippen molar-refractivity contribution in [2.75, 3.05) is 19.6 Å². The molecular weight excluding hydrogens is 278 g/mol. The molecule has 0 aliphatic carbocycles. The Kier molecular flexibility index (Phi) is 5.17. The third kappa shape index (κ3) is 3.59. The van der Waals surface area contributed by atoms with Crippen molar-refractivity contribution >= 4 is 10.2 Å². The van der Waals surface area contributed by atoms with Gasteiger partial charge in [-0.05, 0) is 26.2 Å². The summed E-state index contributed by atoms with van der Waals surface area (Å²) in [5.41, 5.74) is 0.770. The largest absolute Gasteiger partial charge is 0.360 e. The molecule has 1 saturated heterocycles. The van der Waals surface area contributed by atoms with Gasteiger partial charge in [-0.25, -0.2) is 0 Å². The van der Waals surface area contributed by atoms with Crippen LogP contribution in [0.5, 0.6) is 0 Å². The Balaban J connectivity index is 2.13. The predicted molar refractivity (Wildman–Crippen MR) is 76.3 cm³/mol. The molecule has 1 aromatic rings. The molecule has 0 N–H and O–H groups in total. The SMILES string of the molecule is CCCN(Cc1cc(C)no1)S(=O)(=O)N1CCCCC1. The lowest BCUT2D eigenvalue weighted by molar-refractivity contribution is 0.278. The molecule has 0 radical (unpaired) electrons. The second-order valence-electron chi connectivity index (χ2n) is 5.24. The number of hydrogen-bond donors (Lipinski definition) is 0. The zero-order chi connectivity index (χ0) is 14.6. The van der Waals surface area contributed by atoms with E-state index in [0.29, 0.717) is 25.4 Å². The quantitative estimate of drug-likeness (QED) is 0.805. The summed E-state index contributed by atoms with van der Waals surface area (Å²) in [7, 11) is -3.40. The minimum absolute atomic E-state index is 0.257. The molecule has 114 valence electrons. The lowest BCUT2D eigenvalue weighted by atomic mass is 10.2. The third-order valence-electron chi connectivity index (χ3n) is 3.45. The molecular formula is C13H23N3O3S. The van der Waals surface area contributed by atoms with Crippen LogP contribution in [-0.4, -0.2) is 41.8 Å². The lowest BCUT2D eigenvalue weighted by Crippen LogP contribution is -2.45. The molecule has 20 heavy (non-hydrogen) atoms. The number of piperidine rings is 1. The van der Waals surface area contributed by atoms with E-state index in [-0.39, 0.29) is 6.54 Å². The summed E-state index contributed by atoms with van der Waals surface area (Å²) in [6, 6.07) is 1.79. The molecule has 6 nitrogen and oxygen atoms in total. The molecule has 7 heteroatoms. The molecule has 0 spiro atoms. The van der Waals surface area contributed by atoms with Gasteiger partial charge in [0.25, 0.3) is 10.2 Å². The van der Waals surface area contributed by atoms with Gasteiger partial charge in [0, 0.05) is 25.7 Å². The molecule has 0 bridgehead atoms. The molecule has 0 atom stereocenters. The molecule has 0 saturated carbocycles. The van der Waals surface area contributed by atoms with Crippen LogP contribution in [0.3, 0.4) is 0 Å². The first kappa shape index (κ1) is 15.5. The van der Waals surface area contributed by atoms with Gasteiger partial charge >= 0.3 is 0 Å². The van der Waals surface area contributed by atoms with Gasteiger partial charge < -0.3 is 4.52 Å². The van der Waals surface area contributed by atoms with Crippen molar-refractivity contribution in [1.29, 1.82) is 0 Å². The Labute approximate surface area is 120 Å². The maximum atomic E-state index is 12.7. The summed E-state index contributed by atoms with van der Waals surface area (Å²) in [4.78, 5) is 0. The van der Waals surface area contributed by atoms with Gasteiger partial charge in [0.2, 0.25) is 0 Å². The first-order chi connectivity index (χ1) is 9.54. The minimum Gasteiger partial charge on any atom is -0.360 e. The number of hydrogen-bond acceptors (Lipinski definition) is 4. The maximum absolute atomic E-state index is 12.7. The molecule has 1 aliphatic rings. The van der Waals surface area contributed by atoms with E-state index in [9.17, 15) is 8.42 Å². The van der Waals surface area contributed by atoms with Crippen LogP contribution in [0.2, 0.25) is 0 Å². The van der Waals surface area contributed by atoms with E-state index in [2.05, 4.69) is 5.16 Å². The van der Waals surface area contributed by atoms with E-state index in [0.717, 1.165) is 31.4 Å². The second-order valence-corrected chi connectivity index (χ2v) is 7.16. The zero-order valence-corrected chi connectivity index (χ0v) is 13.0. The van der Waals surface area contributed by atoms with Crippen LogP contribution in [0.25, 0.3) is 0 Å². The van der Waals surface area contributed by atoms with Crippen molar-refractivity contribution in [2.45, 2.75) is 46.1 Å². The van der Waals surface area contributed by atoms with Crippen molar-refractivity contribution < 1.29 is 12.9 Å². The average molecular weight is 301 g/mol. The Morgan fingerprint density at radius 3 is 2.60 bits per heavy atom. The van der Waals surface area contributed by atoms with Crippen molar-refractivity contribution in [2.24, 2.45) is 0 Å². The van der Waals surface area contributed by atoms with Gasteiger partial charge in [-0.1, -0.05) is 18.5 Å². The first-order valence-corrected chi connectivity index (χ1v) is 8.61. The van der Waals surface area contributed by atoms with Gasteiger partial charge in [0.05, 0.1) is 12.2 Å². The Morgan fingerprint density at radius 1 is 1.35 bits per heavy atom. The monoisotopic (exact) mass is 301 g/mol. The summed E-state index contributed by atoms with van der Waals surface area (Å²) in [5, 5.41) is 3.81. The van der Waals surface area contributed by atoms with Gasteiger partial charge in [0.1, 0.15) is 0 Å². The van der Waals surface area contributed by atoms with Crippen LogP contribution in [0.15, 0.2) is 10.6 Å². The van der Waals surface area contributed by atoms with Crippen molar-refractivity contribution in [3.05, 3.63) is 17.5 Å². The van der Waals surface area contributed by atoms with E-state index < -0.39 is 10.2 Å². The Bertz CT molecular complexity index is 521. The molecule has 1 fully saturated rings. The summed E-state index contributed by atoms with van der Waals surface area (Å²) < 4.78 is 33.6. The normalized spacial score (nSPS) is 17.8. The van der Waals surface area contributed by atoms with Gasteiger partial charge in [-0.3, -0.25) is 0 Å². The van der Waals surface area contributed by atoms with Crippen LogP contribution >= 0.6 is 0 Å². The summed E-state index contributed by atoms with van der Waals surface area (Å²) in [5.74, 6) is 0.594. The van der Waals surface area contributed by atoms with Crippen LogP contribution in [0.1, 0.15) is 44.1 Å². The highest BCUT2D eigenvalue weighted by Crippen LogP contribution is 2.19. The highest BCUT2D eigenvalue weighted by Gasteiger charge is 2.30. The topological polar surface area (TPSA) is 66.7 Å². The summed E-state index contributed by atoms with van der Waals surface area (Å²) in [6.07, 6.45) is 3.78. The van der Waals surface area contributed by atoms with Crippen LogP contribution < -0.4 is 0 Å². The van der Waals surface area contributed by atoms with Crippen molar-refractivity contribution in [3.8, 4) is 0 Å². The predicted octanol–water partition coefficient (Wildman–Crippen LogP) is 1.93. The fourth-order valence-corrected chi connectivity index (χ4v) is 4.20. The number of aromatic nitrogens is 1. The van der Waals surface area contributed by atoms with Crippen LogP contribution in [0.4, 0.5) is 0 Å². The maximum Gasteiger partial charge on any atom is 0.282 e. The number of rotatable bonds is 6. The van der Waals surface area contributed by atoms with E-state index in [1.807, 2.05) is 13.8 Å². The van der Waals surface area contributed by atoms with Crippen LogP contribution in [0, 0.1) is 6.92 Å². The Hall–Kier alpha value is -0.920. The first-order valence-electron chi connectivity index (χ1n) is 7.21. The molecule has 0 unspecified atom stereocenters. The van der Waals surface area contributed by atoms with Gasteiger partial charge in [-0.15, -0.1) is 0 Å². The van der Waals surface area contributed by atoms with E-state index >= 15 is 0 Å². The fraction of sp³-hybridized carbons (Fsp3) is 0.769. The van der Waals surface area contributed by atoms with Crippen molar-refractivity contribution in [1.82, 2.24) is 13.8 Å². The zero-order valence-electron chi connectivity index (χ0n) is 12.2. The fourth-order valence-electron chi connectivity index (χ4n) is 2.45. The van der Waals surface area contributed by atoms with Crippen molar-refractivity contribution in [3.63, 3.8) is 0 Å². The average Bonchev–Trinajstić information content (AvgIpc) is 2.85. The molecule has 1 aromatic heterocycles. The van der Waals surface area contributed by atoms with Gasteiger partial charge in [-0.2, -0.15) is 17.0 Å². The van der Waals surface area contributed by atoms with E-state index in [1.165, 1.54) is 4.31 Å².